The first kappa shape index (κ1) is 38.4. The van der Waals surface area contributed by atoms with E-state index in [-0.39, 0.29) is 54.0 Å². The van der Waals surface area contributed by atoms with Crippen LogP contribution in [-0.2, 0) is 45.2 Å². The van der Waals surface area contributed by atoms with Gasteiger partial charge in [-0.3, -0.25) is 14.4 Å². The first-order chi connectivity index (χ1) is 25.0. The Morgan fingerprint density at radius 1 is 0.846 bits per heavy atom. The van der Waals surface area contributed by atoms with Gasteiger partial charge in [0.15, 0.2) is 0 Å². The number of benzene rings is 3. The van der Waals surface area contributed by atoms with Gasteiger partial charge in [-0.15, -0.1) is 11.3 Å². The number of nitrogens with one attached hydrogen (secondary N) is 2. The molecule has 0 bridgehead atoms. The Morgan fingerprint density at radius 3 is 2.17 bits per heavy atom. The molecule has 52 heavy (non-hydrogen) atoms. The Bertz CT molecular complexity index is 2020. The van der Waals surface area contributed by atoms with Crippen LogP contribution in [0.3, 0.4) is 0 Å². The topological polar surface area (TPSA) is 159 Å². The molecule has 13 heteroatoms. The van der Waals surface area contributed by atoms with Crippen molar-refractivity contribution in [2.45, 2.75) is 70.1 Å². The molecule has 1 aliphatic rings. The van der Waals surface area contributed by atoms with Gasteiger partial charge >= 0.3 is 11.9 Å². The molecule has 0 atom stereocenters. The number of anilines is 2. The van der Waals surface area contributed by atoms with Crippen molar-refractivity contribution in [3.05, 3.63) is 111 Å². The monoisotopic (exact) mass is 745 g/mol. The van der Waals surface area contributed by atoms with Crippen LogP contribution in [0.2, 0.25) is 0 Å². The molecule has 0 aliphatic heterocycles. The van der Waals surface area contributed by atoms with E-state index in [2.05, 4.69) is 10.6 Å². The minimum Gasteiger partial charge on any atom is -0.478 e. The normalized spacial score (nSPS) is 12.6. The number of ether oxygens (including phenoxy) is 1. The fourth-order valence-corrected chi connectivity index (χ4v) is 8.96. The minimum atomic E-state index is -3.95. The highest BCUT2D eigenvalue weighted by molar-refractivity contribution is 7.89. The number of amides is 2. The van der Waals surface area contributed by atoms with Crippen LogP contribution in [0.15, 0.2) is 77.7 Å². The fraction of sp³-hybridized carbons (Fsp3) is 0.333. The van der Waals surface area contributed by atoms with Gasteiger partial charge in [-0.2, -0.15) is 4.31 Å². The SMILES string of the molecule is CCOC(=O)CCCN(CC)S(=O)(=O)c1cccc(C(=O)Nc2sc3c(c2C(=O)Nc2ccc(CCc4ccc(C(=O)O)cc4)cc2)CCCC3)c1. The number of sulfonamides is 1. The van der Waals surface area contributed by atoms with Crippen LogP contribution in [0, 0.1) is 0 Å². The molecule has 0 radical (unpaired) electrons. The first-order valence-electron chi connectivity index (χ1n) is 17.4. The molecule has 11 nitrogen and oxygen atoms in total. The van der Waals surface area contributed by atoms with Gasteiger partial charge in [-0.1, -0.05) is 37.3 Å². The van der Waals surface area contributed by atoms with Crippen molar-refractivity contribution in [3.63, 3.8) is 0 Å². The Hall–Kier alpha value is -4.85. The van der Waals surface area contributed by atoms with Crippen molar-refractivity contribution in [2.75, 3.05) is 30.3 Å². The van der Waals surface area contributed by atoms with Crippen molar-refractivity contribution in [2.24, 2.45) is 0 Å². The largest absolute Gasteiger partial charge is 0.478 e. The molecule has 274 valence electrons. The summed E-state index contributed by atoms with van der Waals surface area (Å²) in [5, 5.41) is 15.4. The zero-order valence-electron chi connectivity index (χ0n) is 29.3. The first-order valence-corrected chi connectivity index (χ1v) is 19.7. The highest BCUT2D eigenvalue weighted by Crippen LogP contribution is 2.39. The fourth-order valence-electron chi connectivity index (χ4n) is 6.15. The van der Waals surface area contributed by atoms with Gasteiger partial charge in [0.2, 0.25) is 10.0 Å². The summed E-state index contributed by atoms with van der Waals surface area (Å²) in [5.41, 5.74) is 4.42. The number of fused-ring (bicyclic) bond motifs is 1. The third kappa shape index (κ3) is 9.52. The lowest BCUT2D eigenvalue weighted by Gasteiger charge is -2.20. The maximum Gasteiger partial charge on any atom is 0.335 e. The molecule has 4 aromatic rings. The van der Waals surface area contributed by atoms with Crippen molar-refractivity contribution in [1.29, 1.82) is 0 Å². The van der Waals surface area contributed by atoms with Crippen LogP contribution in [-0.4, -0.2) is 61.3 Å². The summed E-state index contributed by atoms with van der Waals surface area (Å²) < 4.78 is 33.2. The van der Waals surface area contributed by atoms with Crippen LogP contribution in [0.4, 0.5) is 10.7 Å². The Balaban J connectivity index is 1.27. The number of carboxylic acids is 1. The predicted molar refractivity (Wildman–Crippen MR) is 201 cm³/mol. The molecule has 3 aromatic carbocycles. The standard InChI is InChI=1S/C39H43N3O8S2/c1-3-42(24-8-13-34(43)50-4-2)52(48,49)31-10-7-9-29(25-31)36(44)41-38-35(32-11-5-6-12-33(32)51-38)37(45)40-30-22-18-27(19-23-30)15-14-26-16-20-28(21-17-26)39(46)47/h7,9-10,16-23,25H,3-6,8,11-15,24H2,1-2H3,(H,40,45)(H,41,44)(H,46,47). The Labute approximate surface area is 308 Å². The molecular formula is C39H43N3O8S2. The molecule has 3 N–H and O–H groups in total. The molecule has 2 amide bonds. The molecular weight excluding hydrogens is 703 g/mol. The van der Waals surface area contributed by atoms with E-state index in [1.165, 1.54) is 39.9 Å². The summed E-state index contributed by atoms with van der Waals surface area (Å²) in [7, 11) is -3.95. The van der Waals surface area contributed by atoms with Crippen molar-refractivity contribution < 1.29 is 37.4 Å². The lowest BCUT2D eigenvalue weighted by molar-refractivity contribution is -0.143. The van der Waals surface area contributed by atoms with Gasteiger partial charge in [0.25, 0.3) is 11.8 Å². The average molecular weight is 746 g/mol. The average Bonchev–Trinajstić information content (AvgIpc) is 3.51. The third-order valence-corrected chi connectivity index (χ3v) is 12.1. The molecule has 0 saturated carbocycles. The van der Waals surface area contributed by atoms with Crippen molar-refractivity contribution >= 4 is 55.8 Å². The highest BCUT2D eigenvalue weighted by atomic mass is 32.2. The summed E-state index contributed by atoms with van der Waals surface area (Å²) in [4.78, 5) is 51.3. The van der Waals surface area contributed by atoms with E-state index in [1.807, 2.05) is 36.4 Å². The maximum absolute atomic E-state index is 13.8. The van der Waals surface area contributed by atoms with Gasteiger partial charge in [0.1, 0.15) is 5.00 Å². The van der Waals surface area contributed by atoms with E-state index in [0.717, 1.165) is 53.7 Å². The van der Waals surface area contributed by atoms with Gasteiger partial charge in [0, 0.05) is 35.6 Å². The summed E-state index contributed by atoms with van der Waals surface area (Å²) >= 11 is 1.38. The Morgan fingerprint density at radius 2 is 1.52 bits per heavy atom. The maximum atomic E-state index is 13.8. The molecule has 1 aliphatic carbocycles. The Kier molecular flexibility index (Phi) is 13.0. The molecule has 0 unspecified atom stereocenters. The van der Waals surface area contributed by atoms with E-state index < -0.39 is 21.9 Å². The number of nitrogens with zero attached hydrogens (tertiary/aromatic N) is 1. The number of carbonyl (C=O) groups excluding carboxylic acids is 3. The zero-order chi connectivity index (χ0) is 37.3. The number of aryl methyl sites for hydroxylation is 3. The number of rotatable bonds is 16. The quantitative estimate of drug-likeness (QED) is 0.104. The number of thiophene rings is 1. The van der Waals surface area contributed by atoms with E-state index >= 15 is 0 Å². The molecule has 1 aromatic heterocycles. The van der Waals surface area contributed by atoms with Crippen LogP contribution >= 0.6 is 11.3 Å². The zero-order valence-corrected chi connectivity index (χ0v) is 30.9. The second-order valence-corrected chi connectivity index (χ2v) is 15.5. The van der Waals surface area contributed by atoms with E-state index in [9.17, 15) is 27.6 Å². The summed E-state index contributed by atoms with van der Waals surface area (Å²) in [5.74, 6) is -2.21. The number of carboxylic acid groups (broad SMARTS) is 1. The number of hydrogen-bond donors (Lipinski definition) is 3. The van der Waals surface area contributed by atoms with E-state index in [4.69, 9.17) is 9.84 Å². The van der Waals surface area contributed by atoms with Crippen LogP contribution in [0.5, 0.6) is 0 Å². The predicted octanol–water partition coefficient (Wildman–Crippen LogP) is 6.97. The third-order valence-electron chi connectivity index (χ3n) is 8.92. The summed E-state index contributed by atoms with van der Waals surface area (Å²) in [6.45, 7) is 4.00. The lowest BCUT2D eigenvalue weighted by atomic mass is 9.95. The minimum absolute atomic E-state index is 0.0406. The van der Waals surface area contributed by atoms with Gasteiger partial charge < -0.3 is 20.5 Å². The molecule has 0 spiro atoms. The number of carbonyl (C=O) groups is 4. The van der Waals surface area contributed by atoms with Crippen LogP contribution in [0.1, 0.15) is 92.2 Å². The number of aromatic carboxylic acids is 1. The molecule has 1 heterocycles. The lowest BCUT2D eigenvalue weighted by Crippen LogP contribution is -2.32. The van der Waals surface area contributed by atoms with Crippen LogP contribution in [0.25, 0.3) is 0 Å². The van der Waals surface area contributed by atoms with E-state index in [1.54, 1.807) is 26.0 Å². The summed E-state index contributed by atoms with van der Waals surface area (Å²) in [6, 6.07) is 20.2. The molecule has 0 fully saturated rings. The van der Waals surface area contributed by atoms with Crippen molar-refractivity contribution in [3.8, 4) is 0 Å². The smallest absolute Gasteiger partial charge is 0.335 e. The van der Waals surface area contributed by atoms with Gasteiger partial charge in [0.05, 0.1) is 22.6 Å². The van der Waals surface area contributed by atoms with Crippen molar-refractivity contribution in [1.82, 2.24) is 4.31 Å². The molecule has 0 saturated heterocycles. The van der Waals surface area contributed by atoms with Crippen LogP contribution < -0.4 is 10.6 Å². The number of hydrogen-bond acceptors (Lipinski definition) is 8. The summed E-state index contributed by atoms with van der Waals surface area (Å²) in [6.07, 6.45) is 5.31. The van der Waals surface area contributed by atoms with E-state index in [0.29, 0.717) is 29.1 Å². The second-order valence-electron chi connectivity index (χ2n) is 12.5. The number of esters is 1. The van der Waals surface area contributed by atoms with Gasteiger partial charge in [-0.05, 0) is 111 Å². The molecule has 5 rings (SSSR count). The highest BCUT2D eigenvalue weighted by Gasteiger charge is 2.28. The van der Waals surface area contributed by atoms with Gasteiger partial charge in [-0.25, -0.2) is 13.2 Å². The second kappa shape index (κ2) is 17.6.